The minimum Gasteiger partial charge on any atom is -0.495 e. The van der Waals surface area contributed by atoms with Gasteiger partial charge in [0.05, 0.1) is 30.8 Å². The van der Waals surface area contributed by atoms with Crippen molar-refractivity contribution in [2.45, 2.75) is 38.0 Å². The molecule has 2 rings (SSSR count). The van der Waals surface area contributed by atoms with E-state index in [2.05, 4.69) is 11.9 Å². The predicted molar refractivity (Wildman–Crippen MR) is 114 cm³/mol. The van der Waals surface area contributed by atoms with Crippen molar-refractivity contribution < 1.29 is 17.9 Å². The number of nitrogens with zero attached hydrogens (tertiary/aromatic N) is 3. The molecule has 0 aliphatic carbocycles. The van der Waals surface area contributed by atoms with Crippen LogP contribution in [-0.4, -0.2) is 51.5 Å². The summed E-state index contributed by atoms with van der Waals surface area (Å²) in [5, 5.41) is 0. The lowest BCUT2D eigenvalue weighted by molar-refractivity contribution is 0.0749. The van der Waals surface area contributed by atoms with Crippen molar-refractivity contribution in [2.24, 2.45) is 0 Å². The largest absolute Gasteiger partial charge is 0.495 e. The smallest absolute Gasteiger partial charge is 0.264 e. The summed E-state index contributed by atoms with van der Waals surface area (Å²) < 4.78 is 32.9. The van der Waals surface area contributed by atoms with Gasteiger partial charge in [-0.1, -0.05) is 32.4 Å². The summed E-state index contributed by atoms with van der Waals surface area (Å²) in [5.41, 5.74) is 0.530. The molecule has 2 aromatic rings. The van der Waals surface area contributed by atoms with Crippen molar-refractivity contribution in [3.05, 3.63) is 48.3 Å². The van der Waals surface area contributed by atoms with E-state index in [1.165, 1.54) is 32.6 Å². The second-order valence-corrected chi connectivity index (χ2v) is 8.64. The molecule has 158 valence electrons. The van der Waals surface area contributed by atoms with E-state index in [0.29, 0.717) is 24.5 Å². The first-order chi connectivity index (χ1) is 13.9. The molecular formula is C21H29N3O4S. The highest BCUT2D eigenvalue weighted by molar-refractivity contribution is 7.92. The van der Waals surface area contributed by atoms with Crippen molar-refractivity contribution in [1.29, 1.82) is 0 Å². The summed E-state index contributed by atoms with van der Waals surface area (Å²) in [5.74, 6) is 0.180. The molecule has 1 amide bonds. The van der Waals surface area contributed by atoms with E-state index in [4.69, 9.17) is 4.74 Å². The lowest BCUT2D eigenvalue weighted by Crippen LogP contribution is -2.35. The Bertz CT molecular complexity index is 931. The van der Waals surface area contributed by atoms with E-state index in [-0.39, 0.29) is 16.4 Å². The Balaban J connectivity index is 2.45. The number of methoxy groups -OCH3 is 1. The maximum absolute atomic E-state index is 13.3. The number of hydrogen-bond acceptors (Lipinski definition) is 5. The van der Waals surface area contributed by atoms with Gasteiger partial charge in [-0.2, -0.15) is 0 Å². The number of amides is 1. The van der Waals surface area contributed by atoms with Gasteiger partial charge in [0.15, 0.2) is 0 Å². The minimum absolute atomic E-state index is 0.0204. The van der Waals surface area contributed by atoms with Crippen LogP contribution in [0.4, 0.5) is 5.69 Å². The standard InChI is InChI=1S/C21H29N3O4S/c1-5-7-13-24(12-6-2)21(25)19-10-8-9-11-20(19)29(26,27)23(3)17-14-18(28-4)16-22-15-17/h8-11,14-16H,5-7,12-13H2,1-4H3. The number of unbranched alkanes of at least 4 members (excludes halogenated alkanes) is 1. The highest BCUT2D eigenvalue weighted by Crippen LogP contribution is 2.27. The van der Waals surface area contributed by atoms with Gasteiger partial charge in [-0.15, -0.1) is 0 Å². The van der Waals surface area contributed by atoms with E-state index >= 15 is 0 Å². The summed E-state index contributed by atoms with van der Waals surface area (Å²) in [6, 6.07) is 7.93. The third-order valence-corrected chi connectivity index (χ3v) is 6.46. The Labute approximate surface area is 173 Å². The molecular weight excluding hydrogens is 390 g/mol. The van der Waals surface area contributed by atoms with Crippen molar-refractivity contribution in [3.63, 3.8) is 0 Å². The number of hydrogen-bond donors (Lipinski definition) is 0. The molecule has 8 heteroatoms. The average molecular weight is 420 g/mol. The van der Waals surface area contributed by atoms with E-state index < -0.39 is 10.0 Å². The molecule has 1 aromatic carbocycles. The molecule has 0 unspecified atom stereocenters. The van der Waals surface area contributed by atoms with Crippen LogP contribution in [0, 0.1) is 0 Å². The Morgan fingerprint density at radius 1 is 1.10 bits per heavy atom. The monoisotopic (exact) mass is 419 g/mol. The number of rotatable bonds is 10. The van der Waals surface area contributed by atoms with Gasteiger partial charge in [0.1, 0.15) is 10.6 Å². The molecule has 0 N–H and O–H groups in total. The van der Waals surface area contributed by atoms with Crippen molar-refractivity contribution >= 4 is 21.6 Å². The normalized spacial score (nSPS) is 11.2. The van der Waals surface area contributed by atoms with Crippen LogP contribution in [0.25, 0.3) is 0 Å². The highest BCUT2D eigenvalue weighted by Gasteiger charge is 2.29. The summed E-state index contributed by atoms with van der Waals surface area (Å²) in [6.07, 6.45) is 5.57. The molecule has 0 bridgehead atoms. The third kappa shape index (κ3) is 5.26. The fourth-order valence-electron chi connectivity index (χ4n) is 2.95. The molecule has 1 aromatic heterocycles. The molecule has 0 fully saturated rings. The molecule has 0 spiro atoms. The van der Waals surface area contributed by atoms with Gasteiger partial charge in [0.2, 0.25) is 0 Å². The number of benzene rings is 1. The Morgan fingerprint density at radius 3 is 2.48 bits per heavy atom. The number of carbonyl (C=O) groups excluding carboxylic acids is 1. The lowest BCUT2D eigenvalue weighted by atomic mass is 10.2. The van der Waals surface area contributed by atoms with Gasteiger partial charge in [-0.3, -0.25) is 14.1 Å². The maximum atomic E-state index is 13.3. The zero-order chi connectivity index (χ0) is 21.4. The van der Waals surface area contributed by atoms with Gasteiger partial charge in [-0.25, -0.2) is 8.42 Å². The molecule has 0 saturated heterocycles. The number of sulfonamides is 1. The zero-order valence-electron chi connectivity index (χ0n) is 17.5. The SMILES string of the molecule is CCCCN(CCC)C(=O)c1ccccc1S(=O)(=O)N(C)c1cncc(OC)c1. The second-order valence-electron chi connectivity index (χ2n) is 6.70. The van der Waals surface area contributed by atoms with Crippen LogP contribution in [0.15, 0.2) is 47.6 Å². The topological polar surface area (TPSA) is 79.8 Å². The van der Waals surface area contributed by atoms with Crippen LogP contribution in [0.5, 0.6) is 5.75 Å². The second kappa shape index (κ2) is 10.2. The van der Waals surface area contributed by atoms with Crippen LogP contribution >= 0.6 is 0 Å². The minimum atomic E-state index is -3.97. The average Bonchev–Trinajstić information content (AvgIpc) is 2.75. The molecule has 0 atom stereocenters. The fraction of sp³-hybridized carbons (Fsp3) is 0.429. The molecule has 0 saturated carbocycles. The summed E-state index contributed by atoms with van der Waals surface area (Å²) in [6.45, 7) is 5.25. The van der Waals surface area contributed by atoms with Gasteiger partial charge in [0, 0.05) is 26.2 Å². The number of carbonyl (C=O) groups is 1. The Hall–Kier alpha value is -2.61. The summed E-state index contributed by atoms with van der Waals surface area (Å²) in [4.78, 5) is 18.9. The van der Waals surface area contributed by atoms with Crippen molar-refractivity contribution in [2.75, 3.05) is 31.6 Å². The number of aromatic nitrogens is 1. The summed E-state index contributed by atoms with van der Waals surface area (Å²) >= 11 is 0. The molecule has 7 nitrogen and oxygen atoms in total. The molecule has 1 heterocycles. The molecule has 0 radical (unpaired) electrons. The number of ether oxygens (including phenoxy) is 1. The van der Waals surface area contributed by atoms with Crippen molar-refractivity contribution in [3.8, 4) is 5.75 Å². The van der Waals surface area contributed by atoms with Crippen LogP contribution in [0.1, 0.15) is 43.5 Å². The first kappa shape index (κ1) is 22.7. The molecule has 0 aliphatic heterocycles. The van der Waals surface area contributed by atoms with E-state index in [9.17, 15) is 13.2 Å². The number of pyridine rings is 1. The van der Waals surface area contributed by atoms with Gasteiger partial charge in [0.25, 0.3) is 15.9 Å². The fourth-order valence-corrected chi connectivity index (χ4v) is 4.31. The first-order valence-corrected chi connectivity index (χ1v) is 11.2. The van der Waals surface area contributed by atoms with Gasteiger partial charge >= 0.3 is 0 Å². The van der Waals surface area contributed by atoms with E-state index in [1.54, 1.807) is 29.2 Å². The van der Waals surface area contributed by atoms with E-state index in [0.717, 1.165) is 23.6 Å². The number of anilines is 1. The van der Waals surface area contributed by atoms with Crippen LogP contribution in [0.2, 0.25) is 0 Å². The third-order valence-electron chi connectivity index (χ3n) is 4.62. The van der Waals surface area contributed by atoms with Crippen molar-refractivity contribution in [1.82, 2.24) is 9.88 Å². The predicted octanol–water partition coefficient (Wildman–Crippen LogP) is 3.57. The quantitative estimate of drug-likeness (QED) is 0.588. The molecule has 29 heavy (non-hydrogen) atoms. The maximum Gasteiger partial charge on any atom is 0.264 e. The van der Waals surface area contributed by atoms with E-state index in [1.807, 2.05) is 6.92 Å². The zero-order valence-corrected chi connectivity index (χ0v) is 18.3. The van der Waals surface area contributed by atoms with Gasteiger partial charge in [-0.05, 0) is 25.0 Å². The lowest BCUT2D eigenvalue weighted by Gasteiger charge is -2.25. The van der Waals surface area contributed by atoms with Crippen LogP contribution in [-0.2, 0) is 10.0 Å². The summed E-state index contributed by atoms with van der Waals surface area (Å²) in [7, 11) is -1.04. The molecule has 0 aliphatic rings. The Morgan fingerprint density at radius 2 is 1.83 bits per heavy atom. The first-order valence-electron chi connectivity index (χ1n) is 9.73. The van der Waals surface area contributed by atoms with Gasteiger partial charge < -0.3 is 9.64 Å². The van der Waals surface area contributed by atoms with Crippen LogP contribution in [0.3, 0.4) is 0 Å². The highest BCUT2D eigenvalue weighted by atomic mass is 32.2. The van der Waals surface area contributed by atoms with Crippen LogP contribution < -0.4 is 9.04 Å². The Kier molecular flexibility index (Phi) is 8.01.